The Morgan fingerprint density at radius 2 is 2.32 bits per heavy atom. The highest BCUT2D eigenvalue weighted by Crippen LogP contribution is 2.22. The summed E-state index contributed by atoms with van der Waals surface area (Å²) in [6.07, 6.45) is 6.03. The summed E-state index contributed by atoms with van der Waals surface area (Å²) in [5.41, 5.74) is 0.845. The van der Waals surface area contributed by atoms with E-state index >= 15 is 0 Å². The monoisotopic (exact) mass is 257 g/mol. The predicted molar refractivity (Wildman–Crippen MR) is 71.8 cm³/mol. The lowest BCUT2D eigenvalue weighted by molar-refractivity contribution is -0.117. The molecule has 0 saturated carbocycles. The van der Waals surface area contributed by atoms with Gasteiger partial charge < -0.3 is 10.2 Å². The minimum Gasteiger partial charge on any atom is -0.358 e. The molecule has 6 nitrogen and oxygen atoms in total. The minimum absolute atomic E-state index is 0.0682. The maximum Gasteiger partial charge on any atom is 0.249 e. The number of nitrogens with one attached hydrogen (secondary N) is 1. The number of rotatable bonds is 3. The third-order valence-corrected chi connectivity index (χ3v) is 3.20. The molecular weight excluding hydrogens is 242 g/mol. The zero-order valence-corrected chi connectivity index (χ0v) is 10.7. The summed E-state index contributed by atoms with van der Waals surface area (Å²) in [7, 11) is 1.84. The maximum absolute atomic E-state index is 12.3. The molecule has 0 bridgehead atoms. The van der Waals surface area contributed by atoms with Crippen LogP contribution in [0.15, 0.2) is 36.8 Å². The van der Waals surface area contributed by atoms with Crippen molar-refractivity contribution in [1.29, 1.82) is 0 Å². The van der Waals surface area contributed by atoms with E-state index in [1.807, 2.05) is 31.4 Å². The molecule has 0 aliphatic carbocycles. The highest BCUT2D eigenvalue weighted by Gasteiger charge is 2.33. The summed E-state index contributed by atoms with van der Waals surface area (Å²) < 4.78 is 1.70. The van der Waals surface area contributed by atoms with Crippen LogP contribution < -0.4 is 10.2 Å². The van der Waals surface area contributed by atoms with E-state index < -0.39 is 0 Å². The largest absolute Gasteiger partial charge is 0.358 e. The molecule has 1 atom stereocenters. The van der Waals surface area contributed by atoms with Crippen LogP contribution in [-0.4, -0.2) is 33.3 Å². The molecule has 2 aromatic rings. The highest BCUT2D eigenvalue weighted by molar-refractivity contribution is 6.00. The summed E-state index contributed by atoms with van der Waals surface area (Å²) in [6.45, 7) is 0.703. The number of carbonyl (C=O) groups excluding carboxylic acids is 1. The SMILES string of the molecule is Cn1cc(N2CCC(Nc3ccccn3)C2=O)cn1. The number of aromatic nitrogens is 3. The number of amides is 1. The van der Waals surface area contributed by atoms with E-state index in [9.17, 15) is 4.79 Å². The number of aryl methyl sites for hydroxylation is 1. The van der Waals surface area contributed by atoms with Crippen LogP contribution in [0.5, 0.6) is 0 Å². The van der Waals surface area contributed by atoms with E-state index in [1.165, 1.54) is 0 Å². The molecule has 1 fully saturated rings. The second kappa shape index (κ2) is 4.72. The van der Waals surface area contributed by atoms with Gasteiger partial charge in [0.25, 0.3) is 0 Å². The summed E-state index contributed by atoms with van der Waals surface area (Å²) in [5, 5.41) is 7.26. The number of hydrogen-bond acceptors (Lipinski definition) is 4. The highest BCUT2D eigenvalue weighted by atomic mass is 16.2. The molecule has 2 aromatic heterocycles. The summed E-state index contributed by atoms with van der Waals surface area (Å²) in [4.78, 5) is 18.3. The lowest BCUT2D eigenvalue weighted by atomic mass is 10.2. The van der Waals surface area contributed by atoms with Gasteiger partial charge in [-0.15, -0.1) is 0 Å². The first-order valence-electron chi connectivity index (χ1n) is 6.21. The van der Waals surface area contributed by atoms with E-state index in [0.29, 0.717) is 6.54 Å². The third-order valence-electron chi connectivity index (χ3n) is 3.20. The van der Waals surface area contributed by atoms with Crippen LogP contribution in [0.3, 0.4) is 0 Å². The van der Waals surface area contributed by atoms with Crippen LogP contribution in [-0.2, 0) is 11.8 Å². The minimum atomic E-state index is -0.213. The van der Waals surface area contributed by atoms with Crippen molar-refractivity contribution >= 4 is 17.4 Å². The number of carbonyl (C=O) groups is 1. The molecule has 3 heterocycles. The molecule has 0 aromatic carbocycles. The van der Waals surface area contributed by atoms with Crippen molar-refractivity contribution in [2.24, 2.45) is 7.05 Å². The Labute approximate surface area is 111 Å². The van der Waals surface area contributed by atoms with Gasteiger partial charge in [0, 0.05) is 26.0 Å². The molecule has 1 aliphatic rings. The van der Waals surface area contributed by atoms with Crippen LogP contribution in [0, 0.1) is 0 Å². The van der Waals surface area contributed by atoms with Crippen molar-refractivity contribution in [3.8, 4) is 0 Å². The van der Waals surface area contributed by atoms with E-state index in [-0.39, 0.29) is 11.9 Å². The molecule has 6 heteroatoms. The fraction of sp³-hybridized carbons (Fsp3) is 0.308. The van der Waals surface area contributed by atoms with Gasteiger partial charge in [0.05, 0.1) is 11.9 Å². The van der Waals surface area contributed by atoms with Crippen molar-refractivity contribution in [2.75, 3.05) is 16.8 Å². The maximum atomic E-state index is 12.3. The first-order chi connectivity index (χ1) is 9.24. The van der Waals surface area contributed by atoms with Gasteiger partial charge in [-0.1, -0.05) is 6.07 Å². The Hall–Kier alpha value is -2.37. The van der Waals surface area contributed by atoms with Crippen molar-refractivity contribution in [1.82, 2.24) is 14.8 Å². The summed E-state index contributed by atoms with van der Waals surface area (Å²) in [6, 6.07) is 5.40. The average Bonchev–Trinajstić information content (AvgIpc) is 2.99. The lowest BCUT2D eigenvalue weighted by Gasteiger charge is -2.15. The first kappa shape index (κ1) is 11.7. The lowest BCUT2D eigenvalue weighted by Crippen LogP contribution is -2.33. The molecule has 1 unspecified atom stereocenters. The molecule has 0 radical (unpaired) electrons. The molecule has 1 N–H and O–H groups in total. The van der Waals surface area contributed by atoms with Gasteiger partial charge in [0.2, 0.25) is 5.91 Å². The summed E-state index contributed by atoms with van der Waals surface area (Å²) in [5.74, 6) is 0.799. The number of anilines is 2. The molecule has 98 valence electrons. The normalized spacial score (nSPS) is 18.9. The van der Waals surface area contributed by atoms with Gasteiger partial charge in [-0.2, -0.15) is 5.10 Å². The van der Waals surface area contributed by atoms with Gasteiger partial charge in [0.1, 0.15) is 11.9 Å². The van der Waals surface area contributed by atoms with Crippen LogP contribution in [0.25, 0.3) is 0 Å². The predicted octanol–water partition coefficient (Wildman–Crippen LogP) is 1.03. The molecule has 1 aliphatic heterocycles. The smallest absolute Gasteiger partial charge is 0.249 e. The van der Waals surface area contributed by atoms with Crippen molar-refractivity contribution in [2.45, 2.75) is 12.5 Å². The Balaban J connectivity index is 1.72. The molecular formula is C13H15N5O. The number of nitrogens with zero attached hydrogens (tertiary/aromatic N) is 4. The fourth-order valence-corrected chi connectivity index (χ4v) is 2.24. The Morgan fingerprint density at radius 3 is 3.00 bits per heavy atom. The zero-order valence-electron chi connectivity index (χ0n) is 10.7. The van der Waals surface area contributed by atoms with Crippen LogP contribution >= 0.6 is 0 Å². The molecule has 19 heavy (non-hydrogen) atoms. The quantitative estimate of drug-likeness (QED) is 0.892. The fourth-order valence-electron chi connectivity index (χ4n) is 2.24. The molecule has 1 saturated heterocycles. The van der Waals surface area contributed by atoms with Gasteiger partial charge in [-0.25, -0.2) is 4.98 Å². The Bertz CT molecular complexity index is 580. The van der Waals surface area contributed by atoms with Crippen molar-refractivity contribution < 1.29 is 4.79 Å². The molecule has 0 spiro atoms. The average molecular weight is 257 g/mol. The van der Waals surface area contributed by atoms with Gasteiger partial charge in [-0.05, 0) is 18.6 Å². The standard InChI is InChI=1S/C13H15N5O/c1-17-9-10(8-15-17)18-7-5-11(13(18)19)16-12-4-2-3-6-14-12/h2-4,6,8-9,11H,5,7H2,1H3,(H,14,16). The van der Waals surface area contributed by atoms with Gasteiger partial charge in [-0.3, -0.25) is 9.48 Å². The van der Waals surface area contributed by atoms with E-state index in [0.717, 1.165) is 17.9 Å². The number of hydrogen-bond donors (Lipinski definition) is 1. The second-order valence-corrected chi connectivity index (χ2v) is 4.56. The van der Waals surface area contributed by atoms with Crippen LogP contribution in [0.2, 0.25) is 0 Å². The van der Waals surface area contributed by atoms with Crippen molar-refractivity contribution in [3.63, 3.8) is 0 Å². The Kier molecular flexibility index (Phi) is 2.91. The summed E-state index contributed by atoms with van der Waals surface area (Å²) >= 11 is 0. The topological polar surface area (TPSA) is 63.1 Å². The van der Waals surface area contributed by atoms with Crippen LogP contribution in [0.4, 0.5) is 11.5 Å². The zero-order chi connectivity index (χ0) is 13.2. The van der Waals surface area contributed by atoms with E-state index in [1.54, 1.807) is 22.0 Å². The van der Waals surface area contributed by atoms with Crippen molar-refractivity contribution in [3.05, 3.63) is 36.8 Å². The van der Waals surface area contributed by atoms with E-state index in [4.69, 9.17) is 0 Å². The Morgan fingerprint density at radius 1 is 1.42 bits per heavy atom. The third kappa shape index (κ3) is 2.29. The van der Waals surface area contributed by atoms with Gasteiger partial charge in [0.15, 0.2) is 0 Å². The van der Waals surface area contributed by atoms with Gasteiger partial charge >= 0.3 is 0 Å². The van der Waals surface area contributed by atoms with Crippen LogP contribution in [0.1, 0.15) is 6.42 Å². The second-order valence-electron chi connectivity index (χ2n) is 4.56. The molecule has 1 amide bonds. The van der Waals surface area contributed by atoms with E-state index in [2.05, 4.69) is 15.4 Å². The molecule has 3 rings (SSSR count). The first-order valence-corrected chi connectivity index (χ1v) is 6.21. The number of pyridine rings is 1.